The number of nitrogens with zero attached hydrogens (tertiary/aromatic N) is 4. The van der Waals surface area contributed by atoms with Gasteiger partial charge in [-0.25, -0.2) is 4.98 Å². The summed E-state index contributed by atoms with van der Waals surface area (Å²) >= 11 is 1.57. The SMILES string of the molecule is Cc1cc(-c2nc(Nc3ccc(N4CCN(C)CC4)cc3)nc3[nH]ccc23)sc1CO. The van der Waals surface area contributed by atoms with E-state index in [9.17, 15) is 5.11 Å². The van der Waals surface area contributed by atoms with E-state index >= 15 is 0 Å². The molecule has 0 saturated carbocycles. The van der Waals surface area contributed by atoms with E-state index in [1.165, 1.54) is 5.69 Å². The second kappa shape index (κ2) is 8.30. The molecule has 0 aliphatic carbocycles. The third kappa shape index (κ3) is 4.01. The summed E-state index contributed by atoms with van der Waals surface area (Å²) in [4.78, 5) is 19.4. The maximum atomic E-state index is 9.58. The number of benzene rings is 1. The van der Waals surface area contributed by atoms with Gasteiger partial charge in [0.1, 0.15) is 5.65 Å². The molecule has 4 aromatic rings. The Morgan fingerprint density at radius 3 is 2.58 bits per heavy atom. The average molecular weight is 435 g/mol. The van der Waals surface area contributed by atoms with Crippen LogP contribution in [0.3, 0.4) is 0 Å². The minimum atomic E-state index is 0.0443. The zero-order valence-corrected chi connectivity index (χ0v) is 18.5. The number of hydrogen-bond donors (Lipinski definition) is 3. The Bertz CT molecular complexity index is 1190. The number of likely N-dealkylation sites (N-methyl/N-ethyl adjacent to an activating group) is 1. The highest BCUT2D eigenvalue weighted by atomic mass is 32.1. The highest BCUT2D eigenvalue weighted by Gasteiger charge is 2.16. The van der Waals surface area contributed by atoms with Crippen LogP contribution in [0.1, 0.15) is 10.4 Å². The van der Waals surface area contributed by atoms with E-state index in [4.69, 9.17) is 4.98 Å². The first-order chi connectivity index (χ1) is 15.1. The van der Waals surface area contributed by atoms with Gasteiger partial charge < -0.3 is 25.2 Å². The normalized spacial score (nSPS) is 15.0. The van der Waals surface area contributed by atoms with Crippen LogP contribution < -0.4 is 10.2 Å². The largest absolute Gasteiger partial charge is 0.391 e. The molecule has 0 spiro atoms. The van der Waals surface area contributed by atoms with Crippen LogP contribution >= 0.6 is 11.3 Å². The van der Waals surface area contributed by atoms with Crippen LogP contribution in [-0.4, -0.2) is 58.2 Å². The molecule has 0 bridgehead atoms. The molecule has 160 valence electrons. The van der Waals surface area contributed by atoms with E-state index in [1.807, 2.05) is 19.2 Å². The van der Waals surface area contributed by atoms with E-state index in [1.54, 1.807) is 11.3 Å². The third-order valence-corrected chi connectivity index (χ3v) is 7.03. The standard InChI is InChI=1S/C23H26N6OS/c1-15-13-19(31-20(15)14-30)21-18-7-8-24-22(18)27-23(26-21)25-16-3-5-17(6-4-16)29-11-9-28(2)10-12-29/h3-8,13,30H,9-12,14H2,1-2H3,(H2,24,25,26,27). The van der Waals surface area contributed by atoms with Gasteiger partial charge in [0.15, 0.2) is 0 Å². The fourth-order valence-electron chi connectivity index (χ4n) is 3.93. The number of anilines is 3. The lowest BCUT2D eigenvalue weighted by molar-refractivity contribution is 0.285. The van der Waals surface area contributed by atoms with Gasteiger partial charge in [-0.2, -0.15) is 4.98 Å². The van der Waals surface area contributed by atoms with Crippen molar-refractivity contribution in [2.24, 2.45) is 0 Å². The summed E-state index contributed by atoms with van der Waals surface area (Å²) in [6.45, 7) is 6.34. The summed E-state index contributed by atoms with van der Waals surface area (Å²) in [5.41, 5.74) is 4.94. The van der Waals surface area contributed by atoms with Crippen molar-refractivity contribution < 1.29 is 5.11 Å². The first-order valence-electron chi connectivity index (χ1n) is 10.5. The van der Waals surface area contributed by atoms with Crippen molar-refractivity contribution in [1.82, 2.24) is 19.9 Å². The van der Waals surface area contributed by atoms with Crippen molar-refractivity contribution in [3.05, 3.63) is 53.0 Å². The van der Waals surface area contributed by atoms with Crippen LogP contribution in [-0.2, 0) is 6.61 Å². The minimum Gasteiger partial charge on any atom is -0.391 e. The highest BCUT2D eigenvalue weighted by Crippen LogP contribution is 2.35. The molecule has 31 heavy (non-hydrogen) atoms. The Labute approximate surface area is 185 Å². The molecule has 0 radical (unpaired) electrons. The number of aromatic amines is 1. The first-order valence-corrected chi connectivity index (χ1v) is 11.3. The van der Waals surface area contributed by atoms with E-state index in [0.717, 1.165) is 63.9 Å². The lowest BCUT2D eigenvalue weighted by atomic mass is 10.2. The molecule has 0 atom stereocenters. The van der Waals surface area contributed by atoms with E-state index < -0.39 is 0 Å². The number of aryl methyl sites for hydroxylation is 1. The molecule has 4 heterocycles. The van der Waals surface area contributed by atoms with Crippen LogP contribution in [0.2, 0.25) is 0 Å². The zero-order chi connectivity index (χ0) is 21.4. The van der Waals surface area contributed by atoms with Gasteiger partial charge in [-0.05, 0) is 55.9 Å². The van der Waals surface area contributed by atoms with E-state index in [0.29, 0.717) is 5.95 Å². The summed E-state index contributed by atoms with van der Waals surface area (Å²) in [7, 11) is 2.17. The maximum Gasteiger partial charge on any atom is 0.229 e. The van der Waals surface area contributed by atoms with E-state index in [2.05, 4.69) is 62.5 Å². The van der Waals surface area contributed by atoms with Crippen molar-refractivity contribution in [3.63, 3.8) is 0 Å². The van der Waals surface area contributed by atoms with E-state index in [-0.39, 0.29) is 6.61 Å². The second-order valence-electron chi connectivity index (χ2n) is 7.97. The number of H-pyrrole nitrogens is 1. The van der Waals surface area contributed by atoms with Gasteiger partial charge >= 0.3 is 0 Å². The fraction of sp³-hybridized carbons (Fsp3) is 0.304. The van der Waals surface area contributed by atoms with Crippen LogP contribution in [0.25, 0.3) is 21.6 Å². The molecule has 1 saturated heterocycles. The Morgan fingerprint density at radius 2 is 1.87 bits per heavy atom. The van der Waals surface area contributed by atoms with Crippen molar-refractivity contribution in [1.29, 1.82) is 0 Å². The van der Waals surface area contributed by atoms with Crippen molar-refractivity contribution in [2.75, 3.05) is 43.4 Å². The Balaban J connectivity index is 1.41. The molecule has 5 rings (SSSR count). The van der Waals surface area contributed by atoms with Crippen molar-refractivity contribution in [2.45, 2.75) is 13.5 Å². The summed E-state index contributed by atoms with van der Waals surface area (Å²) in [5, 5.41) is 13.9. The average Bonchev–Trinajstić information content (AvgIpc) is 3.40. The fourth-order valence-corrected chi connectivity index (χ4v) is 4.97. The molecule has 0 unspecified atom stereocenters. The number of aromatic nitrogens is 3. The number of hydrogen-bond acceptors (Lipinski definition) is 7. The number of thiophene rings is 1. The molecular formula is C23H26N6OS. The number of aliphatic hydroxyl groups excluding tert-OH is 1. The van der Waals surface area contributed by atoms with Gasteiger partial charge in [0.25, 0.3) is 0 Å². The number of nitrogens with one attached hydrogen (secondary N) is 2. The van der Waals surface area contributed by atoms with Crippen LogP contribution in [0.5, 0.6) is 0 Å². The van der Waals surface area contributed by atoms with Gasteiger partial charge in [0.2, 0.25) is 5.95 Å². The summed E-state index contributed by atoms with van der Waals surface area (Å²) < 4.78 is 0. The molecular weight excluding hydrogens is 408 g/mol. The lowest BCUT2D eigenvalue weighted by Gasteiger charge is -2.34. The van der Waals surface area contributed by atoms with Gasteiger partial charge in [-0.15, -0.1) is 11.3 Å². The molecule has 1 aliphatic heterocycles. The molecule has 1 aliphatic rings. The molecule has 1 fully saturated rings. The summed E-state index contributed by atoms with van der Waals surface area (Å²) in [6, 6.07) is 12.5. The van der Waals surface area contributed by atoms with Crippen molar-refractivity contribution >= 4 is 39.7 Å². The van der Waals surface area contributed by atoms with Gasteiger partial charge in [0.05, 0.1) is 17.2 Å². The van der Waals surface area contributed by atoms with Crippen LogP contribution in [0, 0.1) is 6.92 Å². The molecule has 3 aromatic heterocycles. The summed E-state index contributed by atoms with van der Waals surface area (Å²) in [5.74, 6) is 0.550. The predicted molar refractivity (Wildman–Crippen MR) is 127 cm³/mol. The molecule has 3 N–H and O–H groups in total. The molecule has 0 amide bonds. The number of rotatable bonds is 5. The monoisotopic (exact) mass is 434 g/mol. The smallest absolute Gasteiger partial charge is 0.229 e. The Hall–Kier alpha value is -2.94. The van der Waals surface area contributed by atoms with Crippen LogP contribution in [0.4, 0.5) is 17.3 Å². The number of aliphatic hydroxyl groups is 1. The van der Waals surface area contributed by atoms with Crippen LogP contribution in [0.15, 0.2) is 42.6 Å². The lowest BCUT2D eigenvalue weighted by Crippen LogP contribution is -2.44. The maximum absolute atomic E-state index is 9.58. The van der Waals surface area contributed by atoms with Crippen molar-refractivity contribution in [3.8, 4) is 10.6 Å². The Morgan fingerprint density at radius 1 is 1.10 bits per heavy atom. The predicted octanol–water partition coefficient (Wildman–Crippen LogP) is 3.98. The van der Waals surface area contributed by atoms with Gasteiger partial charge in [-0.3, -0.25) is 0 Å². The zero-order valence-electron chi connectivity index (χ0n) is 17.7. The topological polar surface area (TPSA) is 80.3 Å². The number of fused-ring (bicyclic) bond motifs is 1. The third-order valence-electron chi connectivity index (χ3n) is 5.81. The first kappa shape index (κ1) is 20.0. The molecule has 1 aromatic carbocycles. The summed E-state index contributed by atoms with van der Waals surface area (Å²) in [6.07, 6.45) is 1.88. The number of piperazine rings is 1. The molecule has 8 heteroatoms. The van der Waals surface area contributed by atoms with Gasteiger partial charge in [0, 0.05) is 54.0 Å². The quantitative estimate of drug-likeness (QED) is 0.441. The molecule has 7 nitrogen and oxygen atoms in total. The van der Waals surface area contributed by atoms with Gasteiger partial charge in [-0.1, -0.05) is 0 Å². The Kier molecular flexibility index (Phi) is 5.35. The minimum absolute atomic E-state index is 0.0443. The second-order valence-corrected chi connectivity index (χ2v) is 9.11. The highest BCUT2D eigenvalue weighted by molar-refractivity contribution is 7.15.